The molecule has 1 heterocycles. The molecule has 0 aromatic heterocycles. The second-order valence-corrected chi connectivity index (χ2v) is 12.5. The highest BCUT2D eigenvalue weighted by Gasteiger charge is 2.36. The predicted octanol–water partition coefficient (Wildman–Crippen LogP) is 7.57. The number of methoxy groups -OCH3 is 1. The van der Waals surface area contributed by atoms with Crippen molar-refractivity contribution >= 4 is 29.3 Å². The number of rotatable bonds is 7. The van der Waals surface area contributed by atoms with E-state index in [1.165, 1.54) is 0 Å². The molecule has 3 aromatic rings. The summed E-state index contributed by atoms with van der Waals surface area (Å²) in [5.41, 5.74) is 3.07. The average Bonchev–Trinajstić information content (AvgIpc) is 2.86. The molecule has 0 spiro atoms. The van der Waals surface area contributed by atoms with Crippen LogP contribution >= 0.6 is 11.6 Å². The molecule has 1 N–H and O–H groups in total. The highest BCUT2D eigenvalue weighted by Crippen LogP contribution is 2.44. The molecule has 0 radical (unpaired) electrons. The number of benzene rings is 3. The molecular weight excluding hydrogens is 540 g/mol. The Balaban J connectivity index is 1.75. The van der Waals surface area contributed by atoms with Crippen LogP contribution in [0.25, 0.3) is 0 Å². The van der Waals surface area contributed by atoms with Crippen molar-refractivity contribution in [2.24, 2.45) is 0 Å². The summed E-state index contributed by atoms with van der Waals surface area (Å²) in [4.78, 5) is 28.1. The molecule has 8 heteroatoms. The zero-order chi connectivity index (χ0) is 30.1. The Bertz CT molecular complexity index is 1410. The van der Waals surface area contributed by atoms with Crippen molar-refractivity contribution in [2.75, 3.05) is 12.0 Å². The van der Waals surface area contributed by atoms with E-state index in [-0.39, 0.29) is 18.4 Å². The lowest BCUT2D eigenvalue weighted by Crippen LogP contribution is -2.44. The van der Waals surface area contributed by atoms with Gasteiger partial charge in [0.05, 0.1) is 31.2 Å². The van der Waals surface area contributed by atoms with Crippen LogP contribution < -0.4 is 19.7 Å². The first-order valence-corrected chi connectivity index (χ1v) is 14.1. The first-order valence-electron chi connectivity index (χ1n) is 13.7. The van der Waals surface area contributed by atoms with Gasteiger partial charge in [-0.05, 0) is 107 Å². The summed E-state index contributed by atoms with van der Waals surface area (Å²) in [6.45, 7) is 13.2. The average molecular weight is 579 g/mol. The maximum absolute atomic E-state index is 13.8. The van der Waals surface area contributed by atoms with Crippen LogP contribution in [-0.2, 0) is 21.5 Å². The SMILES string of the molecule is COc1cc2c(cc1OC(C)C)C(c1ccc(Cl)cc1)N(c1ccc(C(C)(C)NC(=O)OC(C)(C)C)cc1)C(=O)C2. The summed E-state index contributed by atoms with van der Waals surface area (Å²) in [6, 6.07) is 18.7. The molecule has 0 bridgehead atoms. The third-order valence-electron chi connectivity index (χ3n) is 6.82. The molecule has 41 heavy (non-hydrogen) atoms. The molecule has 0 saturated heterocycles. The highest BCUT2D eigenvalue weighted by atomic mass is 35.5. The molecule has 0 aliphatic carbocycles. The summed E-state index contributed by atoms with van der Waals surface area (Å²) in [7, 11) is 1.60. The second-order valence-electron chi connectivity index (χ2n) is 12.1. The number of nitrogens with one attached hydrogen (secondary N) is 1. The molecule has 0 saturated carbocycles. The van der Waals surface area contributed by atoms with E-state index in [9.17, 15) is 9.59 Å². The van der Waals surface area contributed by atoms with Crippen LogP contribution in [0, 0.1) is 0 Å². The molecule has 4 rings (SSSR count). The fourth-order valence-electron chi connectivity index (χ4n) is 5.00. The maximum Gasteiger partial charge on any atom is 0.408 e. The Labute approximate surface area is 247 Å². The van der Waals surface area contributed by atoms with Gasteiger partial charge >= 0.3 is 6.09 Å². The van der Waals surface area contributed by atoms with Gasteiger partial charge in [0.25, 0.3) is 0 Å². The zero-order valence-electron chi connectivity index (χ0n) is 25.0. The molecule has 3 aromatic carbocycles. The monoisotopic (exact) mass is 578 g/mol. The number of alkyl carbamates (subject to hydrolysis) is 1. The van der Waals surface area contributed by atoms with Gasteiger partial charge in [-0.25, -0.2) is 4.79 Å². The minimum Gasteiger partial charge on any atom is -0.493 e. The first kappa shape index (κ1) is 30.3. The van der Waals surface area contributed by atoms with Crippen LogP contribution in [0.5, 0.6) is 11.5 Å². The van der Waals surface area contributed by atoms with Gasteiger partial charge in [0.1, 0.15) is 5.60 Å². The number of hydrogen-bond acceptors (Lipinski definition) is 5. The lowest BCUT2D eigenvalue weighted by molar-refractivity contribution is -0.118. The quantitative estimate of drug-likeness (QED) is 0.313. The van der Waals surface area contributed by atoms with Gasteiger partial charge in [-0.3, -0.25) is 4.79 Å². The number of hydrogen-bond donors (Lipinski definition) is 1. The van der Waals surface area contributed by atoms with E-state index < -0.39 is 23.3 Å². The normalized spacial score (nSPS) is 15.4. The standard InChI is InChI=1S/C33H39ClN2O5/c1-20(2)40-28-19-26-22(17-27(28)39-8)18-29(37)36(30(26)21-9-13-24(34)14-10-21)25-15-11-23(12-16-25)33(6,7)35-31(38)41-32(3,4)5/h9-17,19-20,30H,18H2,1-8H3,(H,35,38). The van der Waals surface area contributed by atoms with Crippen LogP contribution in [0.1, 0.15) is 76.8 Å². The van der Waals surface area contributed by atoms with Gasteiger partial charge < -0.3 is 24.4 Å². The molecule has 7 nitrogen and oxygen atoms in total. The van der Waals surface area contributed by atoms with Crippen LogP contribution in [-0.4, -0.2) is 30.8 Å². The van der Waals surface area contributed by atoms with E-state index in [2.05, 4.69) is 5.32 Å². The molecule has 1 unspecified atom stereocenters. The Morgan fingerprint density at radius 3 is 2.17 bits per heavy atom. The summed E-state index contributed by atoms with van der Waals surface area (Å²) in [5, 5.41) is 3.56. The third-order valence-corrected chi connectivity index (χ3v) is 7.07. The van der Waals surface area contributed by atoms with E-state index in [0.29, 0.717) is 16.5 Å². The smallest absolute Gasteiger partial charge is 0.408 e. The number of fused-ring (bicyclic) bond motifs is 1. The Hall–Kier alpha value is -3.71. The molecule has 2 amide bonds. The van der Waals surface area contributed by atoms with E-state index in [4.69, 9.17) is 25.8 Å². The van der Waals surface area contributed by atoms with Crippen molar-refractivity contribution in [3.05, 3.63) is 87.9 Å². The Morgan fingerprint density at radius 1 is 0.976 bits per heavy atom. The number of carbonyl (C=O) groups excluding carboxylic acids is 2. The van der Waals surface area contributed by atoms with Crippen molar-refractivity contribution in [3.8, 4) is 11.5 Å². The minimum absolute atomic E-state index is 0.0454. The lowest BCUT2D eigenvalue weighted by Gasteiger charge is -2.38. The summed E-state index contributed by atoms with van der Waals surface area (Å²) < 4.78 is 17.2. The fourth-order valence-corrected chi connectivity index (χ4v) is 5.12. The van der Waals surface area contributed by atoms with Crippen molar-refractivity contribution in [1.29, 1.82) is 0 Å². The number of ether oxygens (including phenoxy) is 3. The van der Waals surface area contributed by atoms with E-state index in [0.717, 1.165) is 27.9 Å². The first-order chi connectivity index (χ1) is 19.2. The Kier molecular flexibility index (Phi) is 8.59. The molecule has 1 aliphatic heterocycles. The van der Waals surface area contributed by atoms with E-state index in [1.807, 2.05) is 114 Å². The van der Waals surface area contributed by atoms with E-state index >= 15 is 0 Å². The van der Waals surface area contributed by atoms with Gasteiger partial charge in [-0.2, -0.15) is 0 Å². The van der Waals surface area contributed by atoms with Crippen molar-refractivity contribution in [3.63, 3.8) is 0 Å². The maximum atomic E-state index is 13.8. The van der Waals surface area contributed by atoms with Gasteiger partial charge in [0.15, 0.2) is 11.5 Å². The predicted molar refractivity (Wildman–Crippen MR) is 162 cm³/mol. The number of nitrogens with zero attached hydrogens (tertiary/aromatic N) is 1. The number of anilines is 1. The van der Waals surface area contributed by atoms with Gasteiger partial charge in [0.2, 0.25) is 5.91 Å². The van der Waals surface area contributed by atoms with Gasteiger partial charge in [0, 0.05) is 10.7 Å². The zero-order valence-corrected chi connectivity index (χ0v) is 25.8. The molecule has 1 aliphatic rings. The summed E-state index contributed by atoms with van der Waals surface area (Å²) >= 11 is 6.23. The van der Waals surface area contributed by atoms with Crippen molar-refractivity contribution in [1.82, 2.24) is 5.32 Å². The molecule has 0 fully saturated rings. The highest BCUT2D eigenvalue weighted by molar-refractivity contribution is 6.30. The van der Waals surface area contributed by atoms with Crippen LogP contribution in [0.4, 0.5) is 10.5 Å². The molecular formula is C33H39ClN2O5. The number of carbonyl (C=O) groups is 2. The van der Waals surface area contributed by atoms with Crippen LogP contribution in [0.2, 0.25) is 5.02 Å². The number of amides is 2. The van der Waals surface area contributed by atoms with Crippen molar-refractivity contribution in [2.45, 2.75) is 78.2 Å². The topological polar surface area (TPSA) is 77.1 Å². The number of halogens is 1. The summed E-state index contributed by atoms with van der Waals surface area (Å²) in [6.07, 6.45) is -0.333. The molecule has 218 valence electrons. The third kappa shape index (κ3) is 6.96. The fraction of sp³-hybridized carbons (Fsp3) is 0.394. The van der Waals surface area contributed by atoms with Crippen LogP contribution in [0.15, 0.2) is 60.7 Å². The van der Waals surface area contributed by atoms with Crippen molar-refractivity contribution < 1.29 is 23.8 Å². The largest absolute Gasteiger partial charge is 0.493 e. The Morgan fingerprint density at radius 2 is 1.61 bits per heavy atom. The van der Waals surface area contributed by atoms with Gasteiger partial charge in [-0.1, -0.05) is 35.9 Å². The second kappa shape index (κ2) is 11.6. The van der Waals surface area contributed by atoms with Gasteiger partial charge in [-0.15, -0.1) is 0 Å². The minimum atomic E-state index is -0.700. The van der Waals surface area contributed by atoms with Crippen LogP contribution in [0.3, 0.4) is 0 Å². The summed E-state index contributed by atoms with van der Waals surface area (Å²) in [5.74, 6) is 1.17. The van der Waals surface area contributed by atoms with E-state index in [1.54, 1.807) is 7.11 Å². The molecule has 1 atom stereocenters. The lowest BCUT2D eigenvalue weighted by atomic mass is 9.86.